The van der Waals surface area contributed by atoms with E-state index in [9.17, 15) is 19.7 Å². The first kappa shape index (κ1) is 18.4. The highest BCUT2D eigenvalue weighted by molar-refractivity contribution is 5.79. The standard InChI is InChI=1S/C15H20N2O6/c1-14(2,3)23-13(19)16-15(4,9-18)11-7-6-10(22-5)8-12(11)17(20)21/h6-9H,1-5H3,(H,16,19). The maximum absolute atomic E-state index is 11.9. The van der Waals surface area contributed by atoms with Gasteiger partial charge in [0.25, 0.3) is 5.69 Å². The molecule has 8 heteroatoms. The molecule has 0 heterocycles. The van der Waals surface area contributed by atoms with Crippen LogP contribution in [0.4, 0.5) is 10.5 Å². The number of amides is 1. The van der Waals surface area contributed by atoms with E-state index in [1.165, 1.54) is 32.2 Å². The van der Waals surface area contributed by atoms with Crippen molar-refractivity contribution < 1.29 is 24.0 Å². The van der Waals surface area contributed by atoms with Crippen LogP contribution in [0.1, 0.15) is 33.3 Å². The van der Waals surface area contributed by atoms with Gasteiger partial charge < -0.3 is 19.6 Å². The molecule has 0 bridgehead atoms. The van der Waals surface area contributed by atoms with Gasteiger partial charge in [0.15, 0.2) is 0 Å². The van der Waals surface area contributed by atoms with Crippen molar-refractivity contribution >= 4 is 18.1 Å². The van der Waals surface area contributed by atoms with E-state index in [1.54, 1.807) is 20.8 Å². The van der Waals surface area contributed by atoms with Crippen LogP contribution in [0, 0.1) is 10.1 Å². The Morgan fingerprint density at radius 3 is 2.35 bits per heavy atom. The van der Waals surface area contributed by atoms with Gasteiger partial charge in [-0.05, 0) is 39.8 Å². The first-order valence-corrected chi connectivity index (χ1v) is 6.83. The highest BCUT2D eigenvalue weighted by atomic mass is 16.6. The average molecular weight is 324 g/mol. The Balaban J connectivity index is 3.25. The number of rotatable bonds is 5. The molecule has 0 saturated carbocycles. The zero-order valence-electron chi connectivity index (χ0n) is 13.7. The summed E-state index contributed by atoms with van der Waals surface area (Å²) in [7, 11) is 1.37. The minimum Gasteiger partial charge on any atom is -0.497 e. The molecule has 0 spiro atoms. The van der Waals surface area contributed by atoms with Crippen molar-refractivity contribution in [3.63, 3.8) is 0 Å². The second kappa shape index (κ2) is 6.64. The molecule has 0 aliphatic rings. The Bertz CT molecular complexity index is 623. The molecule has 8 nitrogen and oxygen atoms in total. The molecule has 0 aliphatic carbocycles. The summed E-state index contributed by atoms with van der Waals surface area (Å²) >= 11 is 0. The van der Waals surface area contributed by atoms with Crippen LogP contribution in [0.3, 0.4) is 0 Å². The summed E-state index contributed by atoms with van der Waals surface area (Å²) in [4.78, 5) is 34.1. The number of hydrogen-bond acceptors (Lipinski definition) is 6. The number of methoxy groups -OCH3 is 1. The number of nitro benzene ring substituents is 1. The number of hydrogen-bond donors (Lipinski definition) is 1. The summed E-state index contributed by atoms with van der Waals surface area (Å²) in [5.41, 5.74) is -2.68. The van der Waals surface area contributed by atoms with Gasteiger partial charge >= 0.3 is 6.09 Å². The molecule has 1 rings (SSSR count). The Kier molecular flexibility index (Phi) is 5.31. The predicted octanol–water partition coefficient (Wildman–Crippen LogP) is 2.54. The van der Waals surface area contributed by atoms with Crippen LogP contribution in [0.15, 0.2) is 18.2 Å². The number of carbonyl (C=O) groups excluding carboxylic acids is 2. The van der Waals surface area contributed by atoms with Crippen LogP contribution in [0.25, 0.3) is 0 Å². The molecule has 1 N–H and O–H groups in total. The molecule has 1 aromatic carbocycles. The lowest BCUT2D eigenvalue weighted by Gasteiger charge is -2.27. The molecule has 0 aliphatic heterocycles. The van der Waals surface area contributed by atoms with Crippen molar-refractivity contribution in [2.45, 2.75) is 38.8 Å². The van der Waals surface area contributed by atoms with Crippen molar-refractivity contribution in [3.05, 3.63) is 33.9 Å². The predicted molar refractivity (Wildman–Crippen MR) is 82.4 cm³/mol. The molecule has 0 radical (unpaired) electrons. The van der Waals surface area contributed by atoms with Crippen molar-refractivity contribution in [2.24, 2.45) is 0 Å². The van der Waals surface area contributed by atoms with E-state index >= 15 is 0 Å². The van der Waals surface area contributed by atoms with Crippen LogP contribution < -0.4 is 10.1 Å². The smallest absolute Gasteiger partial charge is 0.408 e. The number of aldehydes is 1. The molecule has 0 aromatic heterocycles. The fourth-order valence-electron chi connectivity index (χ4n) is 1.90. The Morgan fingerprint density at radius 1 is 1.30 bits per heavy atom. The molecule has 0 saturated heterocycles. The van der Waals surface area contributed by atoms with Crippen LogP contribution in [0.2, 0.25) is 0 Å². The number of alkyl carbamates (subject to hydrolysis) is 1. The second-order valence-corrected chi connectivity index (χ2v) is 6.09. The highest BCUT2D eigenvalue weighted by Crippen LogP contribution is 2.32. The van der Waals surface area contributed by atoms with Gasteiger partial charge in [0.1, 0.15) is 23.2 Å². The molecule has 23 heavy (non-hydrogen) atoms. The first-order chi connectivity index (χ1) is 10.5. The zero-order valence-corrected chi connectivity index (χ0v) is 13.7. The van der Waals surface area contributed by atoms with Gasteiger partial charge in [-0.1, -0.05) is 0 Å². The fraction of sp³-hybridized carbons (Fsp3) is 0.467. The SMILES string of the molecule is COc1ccc(C(C)(C=O)NC(=O)OC(C)(C)C)c([N+](=O)[O-])c1. The molecule has 1 amide bonds. The quantitative estimate of drug-likeness (QED) is 0.506. The minimum absolute atomic E-state index is 0.0316. The van der Waals surface area contributed by atoms with Gasteiger partial charge in [-0.2, -0.15) is 0 Å². The van der Waals surface area contributed by atoms with E-state index in [0.717, 1.165) is 0 Å². The zero-order chi connectivity index (χ0) is 17.8. The summed E-state index contributed by atoms with van der Waals surface area (Å²) in [6.07, 6.45) is -0.427. The van der Waals surface area contributed by atoms with Gasteiger partial charge in [0, 0.05) is 0 Å². The number of nitro groups is 1. The van der Waals surface area contributed by atoms with Gasteiger partial charge in [-0.15, -0.1) is 0 Å². The Morgan fingerprint density at radius 2 is 1.91 bits per heavy atom. The topological polar surface area (TPSA) is 108 Å². The summed E-state index contributed by atoms with van der Waals surface area (Å²) in [6.45, 7) is 6.36. The average Bonchev–Trinajstić information content (AvgIpc) is 2.44. The maximum atomic E-state index is 11.9. The van der Waals surface area contributed by atoms with Crippen LogP contribution in [-0.4, -0.2) is 30.0 Å². The molecule has 1 unspecified atom stereocenters. The summed E-state index contributed by atoms with van der Waals surface area (Å²) in [5, 5.41) is 13.6. The first-order valence-electron chi connectivity index (χ1n) is 6.83. The second-order valence-electron chi connectivity index (χ2n) is 6.09. The molecular formula is C15H20N2O6. The number of nitrogens with zero attached hydrogens (tertiary/aromatic N) is 1. The van der Waals surface area contributed by atoms with E-state index < -0.39 is 22.2 Å². The fourth-order valence-corrected chi connectivity index (χ4v) is 1.90. The molecule has 126 valence electrons. The normalized spacial score (nSPS) is 13.6. The highest BCUT2D eigenvalue weighted by Gasteiger charge is 2.36. The van der Waals surface area contributed by atoms with E-state index in [0.29, 0.717) is 6.29 Å². The summed E-state index contributed by atoms with van der Waals surface area (Å²) in [6, 6.07) is 4.03. The van der Waals surface area contributed by atoms with Gasteiger partial charge in [0.2, 0.25) is 0 Å². The molecular weight excluding hydrogens is 304 g/mol. The van der Waals surface area contributed by atoms with Gasteiger partial charge in [0.05, 0.1) is 23.7 Å². The van der Waals surface area contributed by atoms with E-state index in [2.05, 4.69) is 5.32 Å². The minimum atomic E-state index is -1.61. The van der Waals surface area contributed by atoms with E-state index in [-0.39, 0.29) is 17.0 Å². The van der Waals surface area contributed by atoms with Gasteiger partial charge in [-0.25, -0.2) is 4.79 Å². The number of ether oxygens (including phenoxy) is 2. The van der Waals surface area contributed by atoms with Crippen molar-refractivity contribution in [1.29, 1.82) is 0 Å². The van der Waals surface area contributed by atoms with Crippen molar-refractivity contribution in [3.8, 4) is 5.75 Å². The third-order valence-corrected chi connectivity index (χ3v) is 2.96. The van der Waals surface area contributed by atoms with Gasteiger partial charge in [-0.3, -0.25) is 10.1 Å². The van der Waals surface area contributed by atoms with Crippen molar-refractivity contribution in [1.82, 2.24) is 5.32 Å². The third-order valence-electron chi connectivity index (χ3n) is 2.96. The monoisotopic (exact) mass is 324 g/mol. The number of benzene rings is 1. The molecule has 0 fully saturated rings. The lowest BCUT2D eigenvalue weighted by Crippen LogP contribution is -2.47. The molecule has 1 aromatic rings. The van der Waals surface area contributed by atoms with Crippen LogP contribution >= 0.6 is 0 Å². The van der Waals surface area contributed by atoms with Crippen LogP contribution in [-0.2, 0) is 15.1 Å². The third kappa shape index (κ3) is 4.67. The Labute approximate surface area is 133 Å². The lowest BCUT2D eigenvalue weighted by atomic mass is 9.92. The Hall–Kier alpha value is -2.64. The van der Waals surface area contributed by atoms with Crippen molar-refractivity contribution in [2.75, 3.05) is 7.11 Å². The molecule has 1 atom stereocenters. The summed E-state index contributed by atoms with van der Waals surface area (Å²) < 4.78 is 10.0. The summed E-state index contributed by atoms with van der Waals surface area (Å²) in [5.74, 6) is 0.269. The lowest BCUT2D eigenvalue weighted by molar-refractivity contribution is -0.386. The number of nitrogens with one attached hydrogen (secondary N) is 1. The van der Waals surface area contributed by atoms with Crippen LogP contribution in [0.5, 0.6) is 5.75 Å². The van der Waals surface area contributed by atoms with E-state index in [1.807, 2.05) is 0 Å². The van der Waals surface area contributed by atoms with E-state index in [4.69, 9.17) is 9.47 Å². The maximum Gasteiger partial charge on any atom is 0.408 e. The largest absolute Gasteiger partial charge is 0.497 e. The number of carbonyl (C=O) groups is 2.